The Labute approximate surface area is 363 Å². The summed E-state index contributed by atoms with van der Waals surface area (Å²) in [5.74, 6) is -0.411. The fourth-order valence-electron chi connectivity index (χ4n) is 10.3. The number of hydrogen-bond donors (Lipinski definition) is 0. The van der Waals surface area contributed by atoms with Crippen LogP contribution in [0, 0.1) is 40.9 Å². The molecule has 2 unspecified atom stereocenters. The normalized spacial score (nSPS) is 15.2. The van der Waals surface area contributed by atoms with Crippen LogP contribution >= 0.6 is 0 Å². The summed E-state index contributed by atoms with van der Waals surface area (Å²) in [6.07, 6.45) is 0. The SMILES string of the molecule is Cc1ccc(C#N)cc1C1c2cc(C#N)ccc2C(C)c2c(-c3ccc(N(c4ccc5c(c4)C(C)(C)c4ccccc4-5)c4ccccc4-c4ccccc4)cc3)ccc(C#N)c21. The zero-order chi connectivity index (χ0) is 42.7. The highest BCUT2D eigenvalue weighted by Crippen LogP contribution is 2.53. The average Bonchev–Trinajstić information content (AvgIpc) is 3.55. The summed E-state index contributed by atoms with van der Waals surface area (Å²) in [7, 11) is 0. The summed E-state index contributed by atoms with van der Waals surface area (Å²) in [4.78, 5) is 2.38. The van der Waals surface area contributed by atoms with Gasteiger partial charge in [-0.3, -0.25) is 0 Å². The van der Waals surface area contributed by atoms with Crippen molar-refractivity contribution in [1.82, 2.24) is 0 Å². The van der Waals surface area contributed by atoms with Gasteiger partial charge in [0, 0.05) is 34.2 Å². The molecule has 294 valence electrons. The van der Waals surface area contributed by atoms with E-state index in [4.69, 9.17) is 0 Å². The number of para-hydroxylation sites is 1. The third kappa shape index (κ3) is 6.02. The van der Waals surface area contributed by atoms with E-state index in [9.17, 15) is 15.8 Å². The number of nitriles is 3. The molecule has 10 rings (SSSR count). The van der Waals surface area contributed by atoms with Crippen LogP contribution in [-0.4, -0.2) is 0 Å². The van der Waals surface area contributed by atoms with Gasteiger partial charge in [0.05, 0.1) is 40.6 Å². The first-order chi connectivity index (χ1) is 30.2. The third-order valence-corrected chi connectivity index (χ3v) is 13.3. The Hall–Kier alpha value is -7.97. The van der Waals surface area contributed by atoms with Gasteiger partial charge in [0.1, 0.15) is 0 Å². The van der Waals surface area contributed by atoms with Crippen molar-refractivity contribution in [3.05, 3.63) is 231 Å². The van der Waals surface area contributed by atoms with E-state index in [1.54, 1.807) is 0 Å². The molecule has 0 saturated heterocycles. The van der Waals surface area contributed by atoms with Gasteiger partial charge in [-0.25, -0.2) is 0 Å². The minimum Gasteiger partial charge on any atom is -0.310 e. The van der Waals surface area contributed by atoms with Crippen LogP contribution in [0.4, 0.5) is 17.1 Å². The van der Waals surface area contributed by atoms with Gasteiger partial charge in [-0.2, -0.15) is 15.8 Å². The van der Waals surface area contributed by atoms with Crippen molar-refractivity contribution in [2.75, 3.05) is 4.90 Å². The standard InChI is InChI=1S/C58H42N4/c1-36-18-19-38(33-59)30-50(36)57-51-31-39(34-60)20-27-45(51)37(2)55-47(28-23-42(35-61)56(55)57)41-21-24-43(25-22-41)62(54-17-11-9-14-46(54)40-12-6-5-7-13-40)44-26-29-49-48-15-8-10-16-52(48)58(3,4)53(49)32-44/h5-32,37,57H,1-4H3. The van der Waals surface area contributed by atoms with E-state index in [1.165, 1.54) is 22.3 Å². The number of anilines is 3. The maximum absolute atomic E-state index is 10.7. The van der Waals surface area contributed by atoms with Crippen molar-refractivity contribution in [3.63, 3.8) is 0 Å². The number of aryl methyl sites for hydroxylation is 1. The van der Waals surface area contributed by atoms with E-state index in [0.717, 1.165) is 72.7 Å². The van der Waals surface area contributed by atoms with Gasteiger partial charge in [-0.1, -0.05) is 130 Å². The third-order valence-electron chi connectivity index (χ3n) is 13.3. The van der Waals surface area contributed by atoms with E-state index in [1.807, 2.05) is 36.4 Å². The number of fused-ring (bicyclic) bond motifs is 5. The second-order valence-electron chi connectivity index (χ2n) is 17.1. The minimum atomic E-state index is -0.341. The summed E-state index contributed by atoms with van der Waals surface area (Å²) in [6, 6.07) is 66.7. The van der Waals surface area contributed by atoms with E-state index < -0.39 is 0 Å². The van der Waals surface area contributed by atoms with Crippen LogP contribution in [0.25, 0.3) is 33.4 Å². The molecule has 0 fully saturated rings. The molecule has 0 amide bonds. The van der Waals surface area contributed by atoms with Crippen molar-refractivity contribution in [2.45, 2.75) is 44.9 Å². The summed E-state index contributed by atoms with van der Waals surface area (Å²) >= 11 is 0. The van der Waals surface area contributed by atoms with E-state index in [2.05, 4.69) is 184 Å². The first kappa shape index (κ1) is 38.2. The van der Waals surface area contributed by atoms with E-state index in [0.29, 0.717) is 16.7 Å². The molecule has 0 aromatic heterocycles. The smallest absolute Gasteiger partial charge is 0.0994 e. The highest BCUT2D eigenvalue weighted by atomic mass is 15.1. The molecule has 0 heterocycles. The summed E-state index contributed by atoms with van der Waals surface area (Å²) in [5.41, 5.74) is 20.5. The van der Waals surface area contributed by atoms with Crippen molar-refractivity contribution in [1.29, 1.82) is 15.8 Å². The topological polar surface area (TPSA) is 74.6 Å². The van der Waals surface area contributed by atoms with Crippen LogP contribution in [0.3, 0.4) is 0 Å². The maximum Gasteiger partial charge on any atom is 0.0994 e. The van der Waals surface area contributed by atoms with Gasteiger partial charge in [-0.15, -0.1) is 0 Å². The first-order valence-corrected chi connectivity index (χ1v) is 21.1. The summed E-state index contributed by atoms with van der Waals surface area (Å²) in [5, 5.41) is 30.7. The molecular formula is C58H42N4. The lowest BCUT2D eigenvalue weighted by Crippen LogP contribution is -2.21. The number of hydrogen-bond acceptors (Lipinski definition) is 4. The second kappa shape index (κ2) is 14.9. The maximum atomic E-state index is 10.7. The zero-order valence-electron chi connectivity index (χ0n) is 35.1. The van der Waals surface area contributed by atoms with Crippen LogP contribution < -0.4 is 4.90 Å². The Kier molecular flexibility index (Phi) is 9.22. The van der Waals surface area contributed by atoms with Gasteiger partial charge in [0.15, 0.2) is 0 Å². The van der Waals surface area contributed by atoms with Crippen LogP contribution in [0.2, 0.25) is 0 Å². The van der Waals surface area contributed by atoms with Gasteiger partial charge >= 0.3 is 0 Å². The van der Waals surface area contributed by atoms with Crippen LogP contribution in [0.15, 0.2) is 170 Å². The lowest BCUT2D eigenvalue weighted by molar-refractivity contribution is 0.660. The fourth-order valence-corrected chi connectivity index (χ4v) is 10.3. The van der Waals surface area contributed by atoms with Crippen LogP contribution in [-0.2, 0) is 5.41 Å². The van der Waals surface area contributed by atoms with Gasteiger partial charge in [0.25, 0.3) is 0 Å². The first-order valence-electron chi connectivity index (χ1n) is 21.1. The lowest BCUT2D eigenvalue weighted by Gasteiger charge is -2.36. The molecule has 2 aliphatic rings. The predicted octanol–water partition coefficient (Wildman–Crippen LogP) is 14.4. The molecule has 62 heavy (non-hydrogen) atoms. The van der Waals surface area contributed by atoms with Crippen molar-refractivity contribution >= 4 is 17.1 Å². The molecule has 8 aromatic carbocycles. The minimum absolute atomic E-state index is 0.0698. The molecule has 0 spiro atoms. The van der Waals surface area contributed by atoms with Crippen molar-refractivity contribution < 1.29 is 0 Å². The molecule has 0 bridgehead atoms. The Morgan fingerprint density at radius 3 is 1.84 bits per heavy atom. The summed E-state index contributed by atoms with van der Waals surface area (Å²) in [6.45, 7) is 8.90. The Balaban J connectivity index is 1.15. The molecule has 4 nitrogen and oxygen atoms in total. The highest BCUT2D eigenvalue weighted by molar-refractivity contribution is 5.91. The largest absolute Gasteiger partial charge is 0.310 e. The Morgan fingerprint density at radius 2 is 1.10 bits per heavy atom. The average molecular weight is 795 g/mol. The fraction of sp³-hybridized carbons (Fsp3) is 0.121. The second-order valence-corrected chi connectivity index (χ2v) is 17.1. The lowest BCUT2D eigenvalue weighted by atomic mass is 9.66. The van der Waals surface area contributed by atoms with Gasteiger partial charge in [-0.05, 0) is 140 Å². The quantitative estimate of drug-likeness (QED) is 0.168. The molecule has 0 aliphatic heterocycles. The van der Waals surface area contributed by atoms with Gasteiger partial charge in [0.2, 0.25) is 0 Å². The number of nitrogens with zero attached hydrogens (tertiary/aromatic N) is 4. The summed E-state index contributed by atoms with van der Waals surface area (Å²) < 4.78 is 0. The molecule has 2 atom stereocenters. The van der Waals surface area contributed by atoms with Crippen LogP contribution in [0.1, 0.15) is 93.8 Å². The van der Waals surface area contributed by atoms with Crippen molar-refractivity contribution in [2.24, 2.45) is 0 Å². The highest BCUT2D eigenvalue weighted by Gasteiger charge is 2.38. The molecule has 0 N–H and O–H groups in total. The molecular weight excluding hydrogens is 753 g/mol. The predicted molar refractivity (Wildman–Crippen MR) is 250 cm³/mol. The van der Waals surface area contributed by atoms with E-state index >= 15 is 0 Å². The monoisotopic (exact) mass is 794 g/mol. The molecule has 0 saturated carbocycles. The van der Waals surface area contributed by atoms with Crippen molar-refractivity contribution in [3.8, 4) is 51.6 Å². The number of rotatable bonds is 6. The van der Waals surface area contributed by atoms with Gasteiger partial charge < -0.3 is 4.90 Å². The molecule has 4 heteroatoms. The zero-order valence-corrected chi connectivity index (χ0v) is 35.1. The molecule has 8 aromatic rings. The Morgan fingerprint density at radius 1 is 0.484 bits per heavy atom. The molecule has 0 radical (unpaired) electrons. The number of benzene rings is 8. The van der Waals surface area contributed by atoms with E-state index in [-0.39, 0.29) is 17.3 Å². The molecule has 2 aliphatic carbocycles. The Bertz CT molecular complexity index is 3230. The van der Waals surface area contributed by atoms with Crippen LogP contribution in [0.5, 0.6) is 0 Å².